The maximum absolute atomic E-state index is 12.8. The van der Waals surface area contributed by atoms with Crippen molar-refractivity contribution in [1.82, 2.24) is 15.3 Å². The molecule has 2 heterocycles. The molecule has 0 saturated carbocycles. The van der Waals surface area contributed by atoms with Crippen molar-refractivity contribution in [2.24, 2.45) is 4.99 Å². The van der Waals surface area contributed by atoms with Gasteiger partial charge in [-0.15, -0.1) is 0 Å². The van der Waals surface area contributed by atoms with E-state index in [2.05, 4.69) is 25.6 Å². The van der Waals surface area contributed by atoms with Crippen molar-refractivity contribution in [3.8, 4) is 11.5 Å². The molecule has 2 aromatic carbocycles. The number of aryl methyl sites for hydroxylation is 1. The third-order valence-corrected chi connectivity index (χ3v) is 4.90. The first-order valence-corrected chi connectivity index (χ1v) is 10.8. The number of benzene rings is 2. The molecule has 0 radical (unpaired) electrons. The van der Waals surface area contributed by atoms with Crippen molar-refractivity contribution in [1.29, 1.82) is 0 Å². The molecule has 0 fully saturated rings. The fourth-order valence-corrected chi connectivity index (χ4v) is 3.29. The summed E-state index contributed by atoms with van der Waals surface area (Å²) in [5, 5.41) is 6.30. The predicted octanol–water partition coefficient (Wildman–Crippen LogP) is 3.68. The molecule has 0 spiro atoms. The zero-order valence-corrected chi connectivity index (χ0v) is 18.6. The van der Waals surface area contributed by atoms with Gasteiger partial charge in [-0.1, -0.05) is 24.9 Å². The molecule has 1 aromatic heterocycles. The Morgan fingerprint density at radius 1 is 1.12 bits per heavy atom. The number of aliphatic imine (C=N–C) groups is 1. The largest absolute Gasteiger partial charge is 0.486 e. The molecule has 1 amide bonds. The van der Waals surface area contributed by atoms with Crippen LogP contribution in [0.1, 0.15) is 29.4 Å². The number of hydrogen-bond donors (Lipinski definition) is 3. The number of fused-ring (bicyclic) bond motifs is 1. The Kier molecular flexibility index (Phi) is 6.89. The van der Waals surface area contributed by atoms with Gasteiger partial charge in [-0.3, -0.25) is 19.9 Å². The second-order valence-corrected chi connectivity index (χ2v) is 7.65. The van der Waals surface area contributed by atoms with Gasteiger partial charge in [0.25, 0.3) is 11.5 Å². The minimum absolute atomic E-state index is 0.0717. The number of halogens is 1. The molecular weight excluding hydrogens is 446 g/mol. The maximum atomic E-state index is 12.8. The van der Waals surface area contributed by atoms with Gasteiger partial charge in [0.1, 0.15) is 13.2 Å². The van der Waals surface area contributed by atoms with E-state index >= 15 is 0 Å². The van der Waals surface area contributed by atoms with E-state index in [1.807, 2.05) is 6.92 Å². The number of aromatic amines is 1. The second-order valence-electron chi connectivity index (χ2n) is 7.22. The topological polar surface area (TPSA) is 118 Å². The third-order valence-electron chi connectivity index (χ3n) is 4.65. The molecule has 170 valence electrons. The van der Waals surface area contributed by atoms with Crippen LogP contribution in [0.2, 0.25) is 5.02 Å². The fraction of sp³-hybridized carbons (Fsp3) is 0.217. The number of guanidine groups is 1. The summed E-state index contributed by atoms with van der Waals surface area (Å²) in [5.41, 5.74) is 1.27. The first kappa shape index (κ1) is 22.3. The standard InChI is InChI=1S/C23H22ClN5O4/c1-2-3-16-13-20(30)27-22(25-16)29-23(28-21(31)14-4-6-15(24)7-5-14)26-17-8-9-18-19(12-17)33-11-10-32-18/h4-9,12-13H,2-3,10-11H2,1H3,(H3,25,26,27,28,29,30,31). The van der Waals surface area contributed by atoms with Gasteiger partial charge in [0.05, 0.1) is 0 Å². The summed E-state index contributed by atoms with van der Waals surface area (Å²) in [6.07, 6.45) is 1.46. The van der Waals surface area contributed by atoms with Gasteiger partial charge in [-0.25, -0.2) is 4.98 Å². The van der Waals surface area contributed by atoms with Gasteiger partial charge in [-0.05, 0) is 42.8 Å². The highest BCUT2D eigenvalue weighted by atomic mass is 35.5. The van der Waals surface area contributed by atoms with Gasteiger partial charge in [0.15, 0.2) is 11.5 Å². The Morgan fingerprint density at radius 3 is 2.64 bits per heavy atom. The lowest BCUT2D eigenvalue weighted by Gasteiger charge is -2.19. The van der Waals surface area contributed by atoms with E-state index in [-0.39, 0.29) is 17.5 Å². The number of rotatable bonds is 5. The summed E-state index contributed by atoms with van der Waals surface area (Å²) in [6, 6.07) is 13.1. The van der Waals surface area contributed by atoms with Gasteiger partial charge in [0, 0.05) is 34.1 Å². The molecule has 1 aliphatic rings. The van der Waals surface area contributed by atoms with Crippen LogP contribution in [0, 0.1) is 0 Å². The van der Waals surface area contributed by atoms with E-state index in [1.54, 1.807) is 42.5 Å². The number of aromatic nitrogens is 2. The molecule has 4 rings (SSSR count). The maximum Gasteiger partial charge on any atom is 0.257 e. The van der Waals surface area contributed by atoms with Crippen LogP contribution in [0.25, 0.3) is 0 Å². The van der Waals surface area contributed by atoms with Gasteiger partial charge < -0.3 is 14.8 Å². The van der Waals surface area contributed by atoms with Crippen molar-refractivity contribution < 1.29 is 14.3 Å². The van der Waals surface area contributed by atoms with Gasteiger partial charge in [0.2, 0.25) is 11.9 Å². The highest BCUT2D eigenvalue weighted by Gasteiger charge is 2.15. The summed E-state index contributed by atoms with van der Waals surface area (Å²) in [5.74, 6) is 0.938. The van der Waals surface area contributed by atoms with Crippen LogP contribution in [-0.4, -0.2) is 35.0 Å². The van der Waals surface area contributed by atoms with Gasteiger partial charge >= 0.3 is 0 Å². The van der Waals surface area contributed by atoms with Crippen LogP contribution in [-0.2, 0) is 6.42 Å². The zero-order valence-electron chi connectivity index (χ0n) is 17.9. The summed E-state index contributed by atoms with van der Waals surface area (Å²) in [7, 11) is 0. The molecule has 0 atom stereocenters. The van der Waals surface area contributed by atoms with E-state index in [0.717, 1.165) is 6.42 Å². The third kappa shape index (κ3) is 5.89. The fourth-order valence-electron chi connectivity index (χ4n) is 3.16. The van der Waals surface area contributed by atoms with E-state index < -0.39 is 5.91 Å². The monoisotopic (exact) mass is 467 g/mol. The lowest BCUT2D eigenvalue weighted by atomic mass is 10.2. The lowest BCUT2D eigenvalue weighted by molar-refractivity contribution is 0.0977. The number of nitrogens with zero attached hydrogens (tertiary/aromatic N) is 2. The number of amides is 1. The molecule has 0 unspecified atom stereocenters. The molecule has 1 aliphatic heterocycles. The molecule has 0 bridgehead atoms. The summed E-state index contributed by atoms with van der Waals surface area (Å²) in [6.45, 7) is 2.92. The van der Waals surface area contributed by atoms with Crippen LogP contribution in [0.4, 0.5) is 11.6 Å². The average molecular weight is 468 g/mol. The van der Waals surface area contributed by atoms with Crippen molar-refractivity contribution >= 4 is 35.1 Å². The summed E-state index contributed by atoms with van der Waals surface area (Å²) < 4.78 is 11.2. The molecule has 0 saturated heterocycles. The zero-order chi connectivity index (χ0) is 23.2. The predicted molar refractivity (Wildman–Crippen MR) is 126 cm³/mol. The van der Waals surface area contributed by atoms with E-state index in [1.165, 1.54) is 6.07 Å². The Labute approximate surface area is 194 Å². The first-order valence-electron chi connectivity index (χ1n) is 10.4. The minimum Gasteiger partial charge on any atom is -0.486 e. The second kappa shape index (κ2) is 10.2. The Balaban J connectivity index is 1.65. The van der Waals surface area contributed by atoms with E-state index in [0.29, 0.717) is 53.1 Å². The smallest absolute Gasteiger partial charge is 0.257 e. The van der Waals surface area contributed by atoms with E-state index in [4.69, 9.17) is 21.1 Å². The Morgan fingerprint density at radius 2 is 1.88 bits per heavy atom. The lowest BCUT2D eigenvalue weighted by Crippen LogP contribution is -2.36. The number of anilines is 1. The highest BCUT2D eigenvalue weighted by Crippen LogP contribution is 2.32. The molecule has 10 heteroatoms. The number of ether oxygens (including phenoxy) is 2. The Hall–Kier alpha value is -3.85. The number of nitrogens with one attached hydrogen (secondary N) is 3. The van der Waals surface area contributed by atoms with Crippen LogP contribution >= 0.6 is 11.6 Å². The quantitative estimate of drug-likeness (QED) is 0.389. The highest BCUT2D eigenvalue weighted by molar-refractivity contribution is 6.30. The molecular formula is C23H22ClN5O4. The average Bonchev–Trinajstić information content (AvgIpc) is 2.79. The molecule has 3 N–H and O–H groups in total. The van der Waals surface area contributed by atoms with Crippen LogP contribution < -0.4 is 25.7 Å². The molecule has 0 aliphatic carbocycles. The number of carbonyl (C=O) groups excluding carboxylic acids is 1. The van der Waals surface area contributed by atoms with Gasteiger partial charge in [-0.2, -0.15) is 4.99 Å². The molecule has 3 aromatic rings. The van der Waals surface area contributed by atoms with Crippen LogP contribution in [0.3, 0.4) is 0 Å². The molecule has 33 heavy (non-hydrogen) atoms. The summed E-state index contributed by atoms with van der Waals surface area (Å²) >= 11 is 5.92. The van der Waals surface area contributed by atoms with Crippen molar-refractivity contribution in [2.75, 3.05) is 18.5 Å². The normalized spacial score (nSPS) is 12.8. The van der Waals surface area contributed by atoms with Crippen LogP contribution in [0.5, 0.6) is 11.5 Å². The Bertz CT molecular complexity index is 1240. The molecule has 9 nitrogen and oxygen atoms in total. The summed E-state index contributed by atoms with van der Waals surface area (Å²) in [4.78, 5) is 36.2. The SMILES string of the molecule is CCCc1cc(=O)[nH]c(/N=C(\NC(=O)c2ccc(Cl)cc2)Nc2ccc3c(c2)OCCO3)n1. The van der Waals surface area contributed by atoms with Crippen molar-refractivity contribution in [3.63, 3.8) is 0 Å². The first-order chi connectivity index (χ1) is 16.0. The van der Waals surface area contributed by atoms with E-state index in [9.17, 15) is 9.59 Å². The minimum atomic E-state index is -0.414. The van der Waals surface area contributed by atoms with Crippen molar-refractivity contribution in [2.45, 2.75) is 19.8 Å². The number of carbonyl (C=O) groups is 1. The van der Waals surface area contributed by atoms with Crippen LogP contribution in [0.15, 0.2) is 58.3 Å². The number of hydrogen-bond acceptors (Lipinski definition) is 6. The number of H-pyrrole nitrogens is 1. The van der Waals surface area contributed by atoms with Crippen molar-refractivity contribution in [3.05, 3.63) is 75.2 Å².